The number of aryl methyl sites for hydroxylation is 1. The van der Waals surface area contributed by atoms with Gasteiger partial charge in [0.2, 0.25) is 0 Å². The molecule has 2 aromatic heterocycles. The minimum atomic E-state index is -0.760. The molecular formula is C14H10BrN3O3. The Morgan fingerprint density at radius 3 is 2.86 bits per heavy atom. The third-order valence-corrected chi connectivity index (χ3v) is 3.46. The van der Waals surface area contributed by atoms with Crippen molar-refractivity contribution in [2.75, 3.05) is 5.32 Å². The maximum absolute atomic E-state index is 12.2. The third kappa shape index (κ3) is 2.59. The minimum absolute atomic E-state index is 0.215. The molecule has 106 valence electrons. The predicted octanol–water partition coefficient (Wildman–Crippen LogP) is 3.05. The van der Waals surface area contributed by atoms with E-state index >= 15 is 0 Å². The summed E-state index contributed by atoms with van der Waals surface area (Å²) in [5.41, 5.74) is 1.09. The van der Waals surface area contributed by atoms with Crippen LogP contribution in [0.3, 0.4) is 0 Å². The number of fused-ring (bicyclic) bond motifs is 1. The molecule has 0 aliphatic rings. The number of carbonyl (C=O) groups is 2. The number of rotatable bonds is 3. The van der Waals surface area contributed by atoms with Gasteiger partial charge in [-0.2, -0.15) is 0 Å². The zero-order valence-corrected chi connectivity index (χ0v) is 12.5. The molecule has 7 heteroatoms. The summed E-state index contributed by atoms with van der Waals surface area (Å²) in [6.45, 7) is 1.70. The van der Waals surface area contributed by atoms with Crippen LogP contribution >= 0.6 is 15.9 Å². The van der Waals surface area contributed by atoms with Gasteiger partial charge in [-0.1, -0.05) is 21.1 Å². The van der Waals surface area contributed by atoms with Gasteiger partial charge in [0.25, 0.3) is 11.7 Å². The average Bonchev–Trinajstić information content (AvgIpc) is 3.04. The van der Waals surface area contributed by atoms with Crippen LogP contribution in [0.1, 0.15) is 16.1 Å². The number of H-pyrrole nitrogens is 1. The second-order valence-corrected chi connectivity index (χ2v) is 5.41. The number of halogens is 1. The Morgan fingerprint density at radius 1 is 1.33 bits per heavy atom. The van der Waals surface area contributed by atoms with E-state index in [-0.39, 0.29) is 5.82 Å². The van der Waals surface area contributed by atoms with Gasteiger partial charge in [-0.25, -0.2) is 0 Å². The molecule has 2 heterocycles. The van der Waals surface area contributed by atoms with E-state index < -0.39 is 11.7 Å². The quantitative estimate of drug-likeness (QED) is 0.563. The van der Waals surface area contributed by atoms with Crippen molar-refractivity contribution < 1.29 is 14.1 Å². The van der Waals surface area contributed by atoms with E-state index in [1.807, 2.05) is 12.1 Å². The van der Waals surface area contributed by atoms with E-state index in [1.165, 1.54) is 12.3 Å². The van der Waals surface area contributed by atoms with Crippen molar-refractivity contribution in [2.24, 2.45) is 0 Å². The maximum atomic E-state index is 12.2. The van der Waals surface area contributed by atoms with Gasteiger partial charge in [0.15, 0.2) is 5.82 Å². The number of benzene rings is 1. The number of carbonyl (C=O) groups excluding carboxylic acids is 2. The highest BCUT2D eigenvalue weighted by Crippen LogP contribution is 2.23. The Morgan fingerprint density at radius 2 is 2.14 bits per heavy atom. The van der Waals surface area contributed by atoms with Crippen molar-refractivity contribution in [3.05, 3.63) is 46.3 Å². The lowest BCUT2D eigenvalue weighted by molar-refractivity contribution is -0.112. The molecule has 3 aromatic rings. The Kier molecular flexibility index (Phi) is 3.34. The Hall–Kier alpha value is -2.41. The SMILES string of the molecule is Cc1cc(NC(=O)C(=O)c2c[nH]c3ccc(Br)cc23)no1. The molecule has 0 bridgehead atoms. The number of amides is 1. The third-order valence-electron chi connectivity index (χ3n) is 2.96. The molecule has 0 aliphatic carbocycles. The molecule has 1 amide bonds. The summed E-state index contributed by atoms with van der Waals surface area (Å²) in [4.78, 5) is 27.2. The van der Waals surface area contributed by atoms with Crippen molar-refractivity contribution in [1.29, 1.82) is 0 Å². The highest BCUT2D eigenvalue weighted by molar-refractivity contribution is 9.10. The van der Waals surface area contributed by atoms with Crippen LogP contribution in [0.5, 0.6) is 0 Å². The number of ketones is 1. The molecule has 0 saturated carbocycles. The first-order valence-electron chi connectivity index (χ1n) is 6.10. The van der Waals surface area contributed by atoms with E-state index in [2.05, 4.69) is 31.4 Å². The first-order chi connectivity index (χ1) is 10.0. The summed E-state index contributed by atoms with van der Waals surface area (Å²) < 4.78 is 5.66. The Balaban J connectivity index is 1.89. The number of hydrogen-bond donors (Lipinski definition) is 2. The van der Waals surface area contributed by atoms with Gasteiger partial charge in [-0.15, -0.1) is 0 Å². The highest BCUT2D eigenvalue weighted by Gasteiger charge is 2.21. The zero-order chi connectivity index (χ0) is 15.0. The minimum Gasteiger partial charge on any atom is -0.360 e. The number of aromatic amines is 1. The second kappa shape index (κ2) is 5.17. The second-order valence-electron chi connectivity index (χ2n) is 4.50. The van der Waals surface area contributed by atoms with Gasteiger partial charge >= 0.3 is 0 Å². The van der Waals surface area contributed by atoms with Crippen LogP contribution < -0.4 is 5.32 Å². The van der Waals surface area contributed by atoms with Crippen LogP contribution in [-0.2, 0) is 4.79 Å². The molecule has 0 aliphatic heterocycles. The topological polar surface area (TPSA) is 88.0 Å². The van der Waals surface area contributed by atoms with Gasteiger partial charge in [0, 0.05) is 27.6 Å². The van der Waals surface area contributed by atoms with Gasteiger partial charge in [0.1, 0.15) is 5.76 Å². The Bertz CT molecular complexity index is 850. The molecule has 0 radical (unpaired) electrons. The summed E-state index contributed by atoms with van der Waals surface area (Å²) >= 11 is 3.35. The van der Waals surface area contributed by atoms with E-state index in [1.54, 1.807) is 13.0 Å². The molecule has 2 N–H and O–H groups in total. The van der Waals surface area contributed by atoms with Crippen molar-refractivity contribution in [1.82, 2.24) is 10.1 Å². The summed E-state index contributed by atoms with van der Waals surface area (Å²) in [5, 5.41) is 6.71. The fourth-order valence-corrected chi connectivity index (χ4v) is 2.36. The zero-order valence-electron chi connectivity index (χ0n) is 10.9. The fourth-order valence-electron chi connectivity index (χ4n) is 2.00. The molecule has 6 nitrogen and oxygen atoms in total. The largest absolute Gasteiger partial charge is 0.360 e. The van der Waals surface area contributed by atoms with Crippen LogP contribution in [0.25, 0.3) is 10.9 Å². The van der Waals surface area contributed by atoms with Crippen LogP contribution in [0, 0.1) is 6.92 Å². The summed E-state index contributed by atoms with van der Waals surface area (Å²) in [6, 6.07) is 7.00. The van der Waals surface area contributed by atoms with E-state index in [9.17, 15) is 9.59 Å². The molecule has 0 saturated heterocycles. The molecule has 1 aromatic carbocycles. The van der Waals surface area contributed by atoms with Crippen LogP contribution in [0.2, 0.25) is 0 Å². The fraction of sp³-hybridized carbons (Fsp3) is 0.0714. The summed E-state index contributed by atoms with van der Waals surface area (Å²) in [6.07, 6.45) is 1.52. The normalized spacial score (nSPS) is 10.8. The number of nitrogens with zero attached hydrogens (tertiary/aromatic N) is 1. The van der Waals surface area contributed by atoms with Gasteiger partial charge in [-0.3, -0.25) is 9.59 Å². The van der Waals surface area contributed by atoms with Crippen LogP contribution in [0.15, 0.2) is 39.5 Å². The van der Waals surface area contributed by atoms with E-state index in [4.69, 9.17) is 4.52 Å². The van der Waals surface area contributed by atoms with Gasteiger partial charge in [-0.05, 0) is 25.1 Å². The number of anilines is 1. The van der Waals surface area contributed by atoms with Crippen molar-refractivity contribution in [3.63, 3.8) is 0 Å². The monoisotopic (exact) mass is 347 g/mol. The number of hydrogen-bond acceptors (Lipinski definition) is 4. The molecule has 0 fully saturated rings. The summed E-state index contributed by atoms with van der Waals surface area (Å²) in [7, 11) is 0. The predicted molar refractivity (Wildman–Crippen MR) is 80.2 cm³/mol. The lowest BCUT2D eigenvalue weighted by atomic mass is 10.1. The first-order valence-corrected chi connectivity index (χ1v) is 6.89. The molecule has 0 atom stereocenters. The van der Waals surface area contributed by atoms with Crippen LogP contribution in [-0.4, -0.2) is 21.8 Å². The standard InChI is InChI=1S/C14H10BrN3O3/c1-7-4-12(18-21-7)17-14(20)13(19)10-6-16-11-3-2-8(15)5-9(10)11/h2-6,16H,1H3,(H,17,18,20). The number of Topliss-reactive ketones (excluding diaryl/α,β-unsaturated/α-hetero) is 1. The number of nitrogens with one attached hydrogen (secondary N) is 2. The van der Waals surface area contributed by atoms with Crippen molar-refractivity contribution >= 4 is 44.3 Å². The lowest BCUT2D eigenvalue weighted by Crippen LogP contribution is -2.22. The molecule has 21 heavy (non-hydrogen) atoms. The summed E-state index contributed by atoms with van der Waals surface area (Å²) in [5.74, 6) is -0.634. The molecule has 0 unspecified atom stereocenters. The van der Waals surface area contributed by atoms with Crippen LogP contribution in [0.4, 0.5) is 5.82 Å². The van der Waals surface area contributed by atoms with E-state index in [0.717, 1.165) is 9.99 Å². The smallest absolute Gasteiger partial charge is 0.298 e. The highest BCUT2D eigenvalue weighted by atomic mass is 79.9. The van der Waals surface area contributed by atoms with Crippen molar-refractivity contribution in [2.45, 2.75) is 6.92 Å². The van der Waals surface area contributed by atoms with Gasteiger partial charge < -0.3 is 14.8 Å². The maximum Gasteiger partial charge on any atom is 0.298 e. The number of aromatic nitrogens is 2. The van der Waals surface area contributed by atoms with Gasteiger partial charge in [0.05, 0.1) is 5.56 Å². The molecule has 0 spiro atoms. The lowest BCUT2D eigenvalue weighted by Gasteiger charge is -2.00. The molecule has 3 rings (SSSR count). The molecular weight excluding hydrogens is 338 g/mol. The van der Waals surface area contributed by atoms with E-state index in [0.29, 0.717) is 16.7 Å². The van der Waals surface area contributed by atoms with Crippen molar-refractivity contribution in [3.8, 4) is 0 Å². The Labute approximate surface area is 127 Å². The first kappa shape index (κ1) is 13.6. The average molecular weight is 348 g/mol.